The van der Waals surface area contributed by atoms with Gasteiger partial charge in [-0.05, 0) is 6.42 Å². The molecule has 0 rings (SSSR count). The van der Waals surface area contributed by atoms with E-state index in [2.05, 4.69) is 5.32 Å². The van der Waals surface area contributed by atoms with Gasteiger partial charge >= 0.3 is 12.0 Å². The molecule has 0 saturated heterocycles. The minimum Gasteiger partial charge on any atom is -0.480 e. The number of amides is 2. The molecule has 0 spiro atoms. The van der Waals surface area contributed by atoms with Gasteiger partial charge in [-0.2, -0.15) is 0 Å². The predicted octanol–water partition coefficient (Wildman–Crippen LogP) is -0.764. The fraction of sp³-hybridized carbons (Fsp3) is 0.800. The summed E-state index contributed by atoms with van der Waals surface area (Å²) in [6, 6.07) is -1.53. The van der Waals surface area contributed by atoms with E-state index in [1.54, 1.807) is 0 Å². The van der Waals surface area contributed by atoms with Crippen molar-refractivity contribution >= 4 is 12.0 Å². The summed E-state index contributed by atoms with van der Waals surface area (Å²) in [5.74, 6) is -1.09. The minimum absolute atomic E-state index is 0.0604. The van der Waals surface area contributed by atoms with Crippen LogP contribution in [-0.4, -0.2) is 64.6 Å². The molecule has 1 unspecified atom stereocenters. The first-order chi connectivity index (χ1) is 8.06. The van der Waals surface area contributed by atoms with Crippen LogP contribution in [0.1, 0.15) is 19.8 Å². The average molecular weight is 248 g/mol. The number of carboxylic acids is 1. The second-order valence-corrected chi connectivity index (χ2v) is 3.56. The summed E-state index contributed by atoms with van der Waals surface area (Å²) < 4.78 is 0. The highest BCUT2D eigenvalue weighted by molar-refractivity contribution is 5.82. The standard InChI is InChI=1S/C10H20N2O5/c1-2-3-8(9(15)16)11-10(17)12(4-6-13)5-7-14/h8,13-14H,2-7H2,1H3,(H,11,17)(H,15,16). The number of aliphatic hydroxyl groups is 2. The maximum Gasteiger partial charge on any atom is 0.326 e. The molecule has 0 radical (unpaired) electrons. The Morgan fingerprint density at radius 1 is 1.24 bits per heavy atom. The van der Waals surface area contributed by atoms with Gasteiger partial charge in [0.1, 0.15) is 6.04 Å². The second-order valence-electron chi connectivity index (χ2n) is 3.56. The van der Waals surface area contributed by atoms with Crippen LogP contribution in [-0.2, 0) is 4.79 Å². The molecule has 17 heavy (non-hydrogen) atoms. The predicted molar refractivity (Wildman–Crippen MR) is 60.6 cm³/mol. The number of aliphatic hydroxyl groups excluding tert-OH is 2. The molecule has 100 valence electrons. The van der Waals surface area contributed by atoms with Gasteiger partial charge in [-0.15, -0.1) is 0 Å². The van der Waals surface area contributed by atoms with Gasteiger partial charge in [0.05, 0.1) is 13.2 Å². The molecule has 7 heteroatoms. The van der Waals surface area contributed by atoms with Crippen LogP contribution in [0.2, 0.25) is 0 Å². The molecule has 0 aromatic heterocycles. The highest BCUT2D eigenvalue weighted by Crippen LogP contribution is 1.99. The molecular formula is C10H20N2O5. The number of aliphatic carboxylic acids is 1. The lowest BCUT2D eigenvalue weighted by Crippen LogP contribution is -2.49. The molecule has 1 atom stereocenters. The van der Waals surface area contributed by atoms with Crippen LogP contribution in [0, 0.1) is 0 Å². The largest absolute Gasteiger partial charge is 0.480 e. The summed E-state index contributed by atoms with van der Waals surface area (Å²) in [6.07, 6.45) is 0.977. The van der Waals surface area contributed by atoms with Crippen molar-refractivity contribution in [3.05, 3.63) is 0 Å². The SMILES string of the molecule is CCCC(NC(=O)N(CCO)CCO)C(=O)O. The first-order valence-electron chi connectivity index (χ1n) is 5.56. The van der Waals surface area contributed by atoms with Crippen LogP contribution in [0.4, 0.5) is 4.79 Å². The lowest BCUT2D eigenvalue weighted by Gasteiger charge is -2.23. The van der Waals surface area contributed by atoms with Gasteiger partial charge in [-0.25, -0.2) is 9.59 Å². The fourth-order valence-electron chi connectivity index (χ4n) is 1.34. The zero-order valence-electron chi connectivity index (χ0n) is 9.93. The molecule has 0 aliphatic heterocycles. The number of hydrogen-bond acceptors (Lipinski definition) is 4. The van der Waals surface area contributed by atoms with Gasteiger partial charge in [0.15, 0.2) is 0 Å². The Bertz CT molecular complexity index is 241. The van der Waals surface area contributed by atoms with E-state index >= 15 is 0 Å². The van der Waals surface area contributed by atoms with Crippen molar-refractivity contribution in [3.63, 3.8) is 0 Å². The molecule has 0 heterocycles. The van der Waals surface area contributed by atoms with Crippen molar-refractivity contribution in [2.24, 2.45) is 0 Å². The number of carbonyl (C=O) groups is 2. The highest BCUT2D eigenvalue weighted by Gasteiger charge is 2.21. The van der Waals surface area contributed by atoms with Crippen molar-refractivity contribution < 1.29 is 24.9 Å². The quantitative estimate of drug-likeness (QED) is 0.451. The summed E-state index contributed by atoms with van der Waals surface area (Å²) in [4.78, 5) is 23.6. The van der Waals surface area contributed by atoms with E-state index in [1.807, 2.05) is 6.92 Å². The molecule has 0 aliphatic rings. The molecule has 0 saturated carbocycles. The molecule has 0 aliphatic carbocycles. The molecule has 0 aromatic carbocycles. The summed E-state index contributed by atoms with van der Waals surface area (Å²) >= 11 is 0. The summed E-state index contributed by atoms with van der Waals surface area (Å²) in [7, 11) is 0. The fourth-order valence-corrected chi connectivity index (χ4v) is 1.34. The van der Waals surface area contributed by atoms with Gasteiger partial charge in [-0.1, -0.05) is 13.3 Å². The van der Waals surface area contributed by atoms with Crippen LogP contribution >= 0.6 is 0 Å². The summed E-state index contributed by atoms with van der Waals surface area (Å²) in [5, 5.41) is 28.7. The number of carbonyl (C=O) groups excluding carboxylic acids is 1. The zero-order chi connectivity index (χ0) is 13.3. The maximum atomic E-state index is 11.6. The van der Waals surface area contributed by atoms with Crippen LogP contribution < -0.4 is 5.32 Å². The van der Waals surface area contributed by atoms with E-state index in [-0.39, 0.29) is 26.3 Å². The monoisotopic (exact) mass is 248 g/mol. The lowest BCUT2D eigenvalue weighted by molar-refractivity contribution is -0.139. The first-order valence-corrected chi connectivity index (χ1v) is 5.56. The third-order valence-corrected chi connectivity index (χ3v) is 2.20. The van der Waals surface area contributed by atoms with Gasteiger partial charge in [0, 0.05) is 13.1 Å². The second kappa shape index (κ2) is 8.77. The van der Waals surface area contributed by atoms with E-state index in [1.165, 1.54) is 4.90 Å². The van der Waals surface area contributed by atoms with Crippen molar-refractivity contribution in [1.29, 1.82) is 0 Å². The van der Waals surface area contributed by atoms with E-state index < -0.39 is 18.0 Å². The van der Waals surface area contributed by atoms with Crippen LogP contribution in [0.5, 0.6) is 0 Å². The Morgan fingerprint density at radius 2 is 1.76 bits per heavy atom. The molecule has 4 N–H and O–H groups in total. The van der Waals surface area contributed by atoms with Crippen molar-refractivity contribution in [2.45, 2.75) is 25.8 Å². The third kappa shape index (κ3) is 6.08. The van der Waals surface area contributed by atoms with E-state index in [9.17, 15) is 9.59 Å². The summed E-state index contributed by atoms with van der Waals surface area (Å²) in [5.41, 5.74) is 0. The Balaban J connectivity index is 4.38. The zero-order valence-corrected chi connectivity index (χ0v) is 9.93. The smallest absolute Gasteiger partial charge is 0.326 e. The van der Waals surface area contributed by atoms with Crippen LogP contribution in [0.15, 0.2) is 0 Å². The van der Waals surface area contributed by atoms with Crippen molar-refractivity contribution in [2.75, 3.05) is 26.3 Å². The van der Waals surface area contributed by atoms with Crippen molar-refractivity contribution in [3.8, 4) is 0 Å². The molecule has 7 nitrogen and oxygen atoms in total. The van der Waals surface area contributed by atoms with E-state index in [0.29, 0.717) is 12.8 Å². The number of nitrogens with zero attached hydrogens (tertiary/aromatic N) is 1. The van der Waals surface area contributed by atoms with Gasteiger partial charge in [0.25, 0.3) is 0 Å². The first kappa shape index (κ1) is 15.7. The number of nitrogens with one attached hydrogen (secondary N) is 1. The van der Waals surface area contributed by atoms with Crippen LogP contribution in [0.3, 0.4) is 0 Å². The number of hydrogen-bond donors (Lipinski definition) is 4. The normalized spacial score (nSPS) is 11.9. The highest BCUT2D eigenvalue weighted by atomic mass is 16.4. The van der Waals surface area contributed by atoms with E-state index in [0.717, 1.165) is 0 Å². The molecule has 0 bridgehead atoms. The van der Waals surface area contributed by atoms with Gasteiger partial charge < -0.3 is 25.5 Å². The molecule has 0 aromatic rings. The maximum absolute atomic E-state index is 11.6. The topological polar surface area (TPSA) is 110 Å². The van der Waals surface area contributed by atoms with E-state index in [4.69, 9.17) is 15.3 Å². The van der Waals surface area contributed by atoms with Gasteiger partial charge in [0.2, 0.25) is 0 Å². The lowest BCUT2D eigenvalue weighted by atomic mass is 10.2. The number of rotatable bonds is 8. The van der Waals surface area contributed by atoms with Gasteiger partial charge in [-0.3, -0.25) is 0 Å². The van der Waals surface area contributed by atoms with Crippen LogP contribution in [0.25, 0.3) is 0 Å². The Kier molecular flexibility index (Phi) is 8.08. The summed E-state index contributed by atoms with van der Waals surface area (Å²) in [6.45, 7) is 1.47. The Labute approximate surface area is 100 Å². The average Bonchev–Trinajstić information content (AvgIpc) is 2.28. The third-order valence-electron chi connectivity index (χ3n) is 2.20. The molecule has 2 amide bonds. The number of carboxylic acid groups (broad SMARTS) is 1. The minimum atomic E-state index is -1.09. The van der Waals surface area contributed by atoms with Crippen molar-refractivity contribution in [1.82, 2.24) is 10.2 Å². The molecule has 0 fully saturated rings. The Morgan fingerprint density at radius 3 is 2.12 bits per heavy atom. The number of urea groups is 1. The Hall–Kier alpha value is -1.34. The molecular weight excluding hydrogens is 228 g/mol.